The van der Waals surface area contributed by atoms with E-state index in [1.165, 1.54) is 0 Å². The number of pyridine rings is 1. The molecule has 0 amide bonds. The van der Waals surface area contributed by atoms with Gasteiger partial charge in [0.1, 0.15) is 6.61 Å². The van der Waals surface area contributed by atoms with Crippen molar-refractivity contribution in [1.29, 1.82) is 0 Å². The Hall–Kier alpha value is -1.46. The minimum Gasteiger partial charge on any atom is -0.471 e. The van der Waals surface area contributed by atoms with Gasteiger partial charge in [-0.3, -0.25) is 0 Å². The van der Waals surface area contributed by atoms with Crippen LogP contribution in [0.5, 0.6) is 5.88 Å². The van der Waals surface area contributed by atoms with Crippen LogP contribution in [0.4, 0.5) is 4.39 Å². The molecule has 0 fully saturated rings. The predicted molar refractivity (Wildman–Crippen MR) is 84.6 cm³/mol. The average molecular weight is 353 g/mol. The first-order chi connectivity index (χ1) is 10.1. The zero-order chi connectivity index (χ0) is 15.2. The second-order valence-corrected chi connectivity index (χ2v) is 5.96. The fourth-order valence-electron chi connectivity index (χ4n) is 1.75. The van der Waals surface area contributed by atoms with Crippen LogP contribution in [0.2, 0.25) is 0 Å². The van der Waals surface area contributed by atoms with Crippen molar-refractivity contribution in [1.82, 2.24) is 10.3 Å². The molecule has 3 nitrogen and oxygen atoms in total. The van der Waals surface area contributed by atoms with E-state index < -0.39 is 5.82 Å². The summed E-state index contributed by atoms with van der Waals surface area (Å²) in [5, 5.41) is 3.18. The van der Waals surface area contributed by atoms with E-state index in [1.54, 1.807) is 12.3 Å². The maximum absolute atomic E-state index is 14.3. The Morgan fingerprint density at radius 3 is 2.62 bits per heavy atom. The van der Waals surface area contributed by atoms with Gasteiger partial charge in [0.2, 0.25) is 0 Å². The Labute approximate surface area is 132 Å². The molecule has 0 unspecified atom stereocenters. The molecule has 1 aromatic carbocycles. The summed E-state index contributed by atoms with van der Waals surface area (Å²) in [6, 6.07) is 9.65. The number of halogens is 2. The first-order valence-corrected chi connectivity index (χ1v) is 7.59. The third-order valence-corrected chi connectivity index (χ3v) is 3.46. The van der Waals surface area contributed by atoms with E-state index in [2.05, 4.69) is 26.2 Å². The number of benzene rings is 1. The highest BCUT2D eigenvalue weighted by molar-refractivity contribution is 9.10. The molecule has 0 spiro atoms. The van der Waals surface area contributed by atoms with Gasteiger partial charge in [-0.25, -0.2) is 9.37 Å². The van der Waals surface area contributed by atoms with Crippen molar-refractivity contribution in [2.45, 2.75) is 33.0 Å². The minimum absolute atomic E-state index is 0.0426. The molecule has 0 aliphatic heterocycles. The lowest BCUT2D eigenvalue weighted by Crippen LogP contribution is -2.22. The minimum atomic E-state index is -0.400. The largest absolute Gasteiger partial charge is 0.471 e. The topological polar surface area (TPSA) is 34.2 Å². The zero-order valence-electron chi connectivity index (χ0n) is 12.1. The third-order valence-electron chi connectivity index (χ3n) is 2.93. The Morgan fingerprint density at radius 2 is 1.95 bits per heavy atom. The quantitative estimate of drug-likeness (QED) is 0.851. The number of hydrogen-bond donors (Lipinski definition) is 1. The molecule has 0 atom stereocenters. The summed E-state index contributed by atoms with van der Waals surface area (Å²) in [5.74, 6) is -0.358. The van der Waals surface area contributed by atoms with Crippen LogP contribution in [0.15, 0.2) is 41.0 Å². The van der Waals surface area contributed by atoms with E-state index in [1.807, 2.05) is 38.1 Å². The highest BCUT2D eigenvalue weighted by atomic mass is 79.9. The fraction of sp³-hybridized carbons (Fsp3) is 0.312. The summed E-state index contributed by atoms with van der Waals surface area (Å²) in [5.41, 5.74) is 1.52. The van der Waals surface area contributed by atoms with Crippen molar-refractivity contribution in [3.05, 3.63) is 57.9 Å². The van der Waals surface area contributed by atoms with Crippen LogP contribution in [0.25, 0.3) is 0 Å². The van der Waals surface area contributed by atoms with Crippen molar-refractivity contribution in [3.63, 3.8) is 0 Å². The van der Waals surface area contributed by atoms with Crippen molar-refractivity contribution >= 4 is 15.9 Å². The molecule has 112 valence electrons. The molecule has 1 heterocycles. The summed E-state index contributed by atoms with van der Waals surface area (Å²) >= 11 is 3.37. The van der Waals surface area contributed by atoms with Crippen molar-refractivity contribution in [3.8, 4) is 5.88 Å². The van der Waals surface area contributed by atoms with Gasteiger partial charge < -0.3 is 10.1 Å². The first-order valence-electron chi connectivity index (χ1n) is 6.80. The summed E-state index contributed by atoms with van der Waals surface area (Å²) in [4.78, 5) is 3.96. The average Bonchev–Trinajstić information content (AvgIpc) is 2.46. The van der Waals surface area contributed by atoms with Gasteiger partial charge in [0.25, 0.3) is 5.88 Å². The Kier molecular flexibility index (Phi) is 5.70. The lowest BCUT2D eigenvalue weighted by atomic mass is 10.2. The van der Waals surface area contributed by atoms with Gasteiger partial charge in [-0.2, -0.15) is 0 Å². The van der Waals surface area contributed by atoms with Gasteiger partial charge in [-0.1, -0.05) is 41.9 Å². The Bertz CT molecular complexity index is 587. The lowest BCUT2D eigenvalue weighted by molar-refractivity contribution is 0.275. The maximum atomic E-state index is 14.3. The second kappa shape index (κ2) is 7.52. The molecule has 0 bridgehead atoms. The molecule has 0 aliphatic rings. The van der Waals surface area contributed by atoms with Crippen LogP contribution in [0, 0.1) is 5.82 Å². The van der Waals surface area contributed by atoms with Gasteiger partial charge in [0.05, 0.1) is 0 Å². The van der Waals surface area contributed by atoms with Crippen LogP contribution in [0.3, 0.4) is 0 Å². The van der Waals surface area contributed by atoms with Crippen molar-refractivity contribution in [2.75, 3.05) is 0 Å². The van der Waals surface area contributed by atoms with Gasteiger partial charge >= 0.3 is 0 Å². The number of aromatic nitrogens is 1. The summed E-state index contributed by atoms with van der Waals surface area (Å²) in [6.07, 6.45) is 1.57. The monoisotopic (exact) mass is 352 g/mol. The van der Waals surface area contributed by atoms with Crippen molar-refractivity contribution in [2.24, 2.45) is 0 Å². The summed E-state index contributed by atoms with van der Waals surface area (Å²) in [6.45, 7) is 4.78. The van der Waals surface area contributed by atoms with E-state index in [-0.39, 0.29) is 12.5 Å². The Balaban J connectivity index is 2.02. The highest BCUT2D eigenvalue weighted by Gasteiger charge is 2.11. The molecule has 1 N–H and O–H groups in total. The molecular formula is C16H18BrFN2O. The second-order valence-electron chi connectivity index (χ2n) is 5.04. The van der Waals surface area contributed by atoms with Gasteiger partial charge in [0.15, 0.2) is 5.82 Å². The highest BCUT2D eigenvalue weighted by Crippen LogP contribution is 2.19. The number of nitrogens with one attached hydrogen (secondary N) is 1. The lowest BCUT2D eigenvalue weighted by Gasteiger charge is -2.11. The normalized spacial score (nSPS) is 10.9. The molecule has 0 saturated carbocycles. The van der Waals surface area contributed by atoms with E-state index in [0.717, 1.165) is 10.0 Å². The third kappa shape index (κ3) is 4.79. The smallest absolute Gasteiger partial charge is 0.251 e. The molecule has 5 heteroatoms. The molecule has 1 aromatic heterocycles. The molecule has 2 aromatic rings. The van der Waals surface area contributed by atoms with Crippen LogP contribution in [0.1, 0.15) is 25.0 Å². The predicted octanol–water partition coefficient (Wildman–Crippen LogP) is 4.06. The molecule has 0 radical (unpaired) electrons. The van der Waals surface area contributed by atoms with Crippen LogP contribution in [-0.4, -0.2) is 11.0 Å². The summed E-state index contributed by atoms with van der Waals surface area (Å²) in [7, 11) is 0. The molecular weight excluding hydrogens is 335 g/mol. The first kappa shape index (κ1) is 15.9. The SMILES string of the molecule is CC(C)NCc1ccnc(OCc2ccc(Br)cc2)c1F. The Morgan fingerprint density at radius 1 is 1.24 bits per heavy atom. The zero-order valence-corrected chi connectivity index (χ0v) is 13.7. The number of nitrogens with zero attached hydrogens (tertiary/aromatic N) is 1. The van der Waals surface area contributed by atoms with Crippen LogP contribution < -0.4 is 10.1 Å². The van der Waals surface area contributed by atoms with E-state index in [4.69, 9.17) is 4.74 Å². The van der Waals surface area contributed by atoms with Gasteiger partial charge in [-0.15, -0.1) is 0 Å². The van der Waals surface area contributed by atoms with E-state index in [9.17, 15) is 4.39 Å². The molecule has 2 rings (SSSR count). The number of hydrogen-bond acceptors (Lipinski definition) is 3. The number of rotatable bonds is 6. The van der Waals surface area contributed by atoms with Crippen LogP contribution >= 0.6 is 15.9 Å². The fourth-order valence-corrected chi connectivity index (χ4v) is 2.01. The van der Waals surface area contributed by atoms with Gasteiger partial charge in [-0.05, 0) is 23.8 Å². The van der Waals surface area contributed by atoms with Gasteiger partial charge in [0, 0.05) is 28.8 Å². The van der Waals surface area contributed by atoms with E-state index in [0.29, 0.717) is 18.2 Å². The van der Waals surface area contributed by atoms with Crippen LogP contribution in [-0.2, 0) is 13.2 Å². The molecule has 0 saturated heterocycles. The van der Waals surface area contributed by atoms with E-state index >= 15 is 0 Å². The molecule has 21 heavy (non-hydrogen) atoms. The maximum Gasteiger partial charge on any atom is 0.251 e. The standard InChI is InChI=1S/C16H18BrFN2O/c1-11(2)20-9-13-7-8-19-16(15(13)18)21-10-12-3-5-14(17)6-4-12/h3-8,11,20H,9-10H2,1-2H3. The summed E-state index contributed by atoms with van der Waals surface area (Å²) < 4.78 is 20.7. The molecule has 0 aliphatic carbocycles. The van der Waals surface area contributed by atoms with Crippen molar-refractivity contribution < 1.29 is 9.13 Å². The number of ether oxygens (including phenoxy) is 1.